The van der Waals surface area contributed by atoms with Crippen LogP contribution in [0.3, 0.4) is 0 Å². The molecule has 2 amide bonds. The van der Waals surface area contributed by atoms with E-state index in [9.17, 15) is 14.7 Å². The van der Waals surface area contributed by atoms with Gasteiger partial charge >= 0.3 is 0 Å². The van der Waals surface area contributed by atoms with Crippen molar-refractivity contribution in [2.24, 2.45) is 5.73 Å². The van der Waals surface area contributed by atoms with Crippen LogP contribution >= 0.6 is 0 Å². The molecule has 92 valence electrons. The fraction of sp³-hybridized carbons (Fsp3) is 0.333. The van der Waals surface area contributed by atoms with Gasteiger partial charge in [0.05, 0.1) is 0 Å². The number of hydrogen-bond acceptors (Lipinski definition) is 3. The summed E-state index contributed by atoms with van der Waals surface area (Å²) in [5.41, 5.74) is 4.71. The minimum absolute atomic E-state index is 0.0188. The molecule has 17 heavy (non-hydrogen) atoms. The zero-order valence-corrected chi connectivity index (χ0v) is 9.86. The van der Waals surface area contributed by atoms with Gasteiger partial charge in [-0.15, -0.1) is 0 Å². The Bertz CT molecular complexity index is 441. The Morgan fingerprint density at radius 2 is 2.06 bits per heavy atom. The first kappa shape index (κ1) is 13.0. The molecule has 1 aromatic carbocycles. The first-order valence-corrected chi connectivity index (χ1v) is 5.20. The van der Waals surface area contributed by atoms with E-state index in [2.05, 4.69) is 5.32 Å². The van der Waals surface area contributed by atoms with Gasteiger partial charge in [0.25, 0.3) is 5.91 Å². The van der Waals surface area contributed by atoms with Crippen molar-refractivity contribution < 1.29 is 14.7 Å². The molecule has 0 atom stereocenters. The van der Waals surface area contributed by atoms with E-state index in [0.29, 0.717) is 5.56 Å². The highest BCUT2D eigenvalue weighted by atomic mass is 16.3. The van der Waals surface area contributed by atoms with E-state index >= 15 is 0 Å². The van der Waals surface area contributed by atoms with Crippen molar-refractivity contribution in [1.82, 2.24) is 5.32 Å². The van der Waals surface area contributed by atoms with Crippen molar-refractivity contribution in [3.05, 3.63) is 29.8 Å². The smallest absolute Gasteiger partial charge is 0.251 e. The fourth-order valence-electron chi connectivity index (χ4n) is 1.51. The number of rotatable bonds is 4. The van der Waals surface area contributed by atoms with Gasteiger partial charge in [-0.25, -0.2) is 0 Å². The molecule has 0 aliphatic carbocycles. The molecular formula is C12H16N2O3. The third kappa shape index (κ3) is 4.14. The number of aromatic hydroxyl groups is 1. The molecule has 0 saturated carbocycles. The van der Waals surface area contributed by atoms with Crippen LogP contribution in [0, 0.1) is 0 Å². The predicted octanol–water partition coefficient (Wildman–Crippen LogP) is 0.776. The molecule has 5 nitrogen and oxygen atoms in total. The maximum atomic E-state index is 11.8. The summed E-state index contributed by atoms with van der Waals surface area (Å²) < 4.78 is 0. The van der Waals surface area contributed by atoms with E-state index in [1.165, 1.54) is 12.1 Å². The number of carbonyl (C=O) groups is 2. The Labute approximate surface area is 99.6 Å². The maximum absolute atomic E-state index is 11.8. The van der Waals surface area contributed by atoms with Gasteiger partial charge < -0.3 is 16.2 Å². The van der Waals surface area contributed by atoms with Gasteiger partial charge in [0.1, 0.15) is 5.75 Å². The second-order valence-electron chi connectivity index (χ2n) is 4.53. The molecule has 0 spiro atoms. The molecule has 0 saturated heterocycles. The molecule has 0 heterocycles. The van der Waals surface area contributed by atoms with E-state index in [-0.39, 0.29) is 18.1 Å². The molecule has 0 aliphatic rings. The Morgan fingerprint density at radius 1 is 1.41 bits per heavy atom. The highest BCUT2D eigenvalue weighted by molar-refractivity contribution is 5.95. The summed E-state index contributed by atoms with van der Waals surface area (Å²) >= 11 is 0. The van der Waals surface area contributed by atoms with Crippen molar-refractivity contribution in [2.75, 3.05) is 0 Å². The van der Waals surface area contributed by atoms with Gasteiger partial charge in [-0.3, -0.25) is 9.59 Å². The van der Waals surface area contributed by atoms with Gasteiger partial charge in [0.15, 0.2) is 0 Å². The molecule has 0 aliphatic heterocycles. The van der Waals surface area contributed by atoms with Gasteiger partial charge in [-0.2, -0.15) is 0 Å². The van der Waals surface area contributed by atoms with Crippen LogP contribution in [0.5, 0.6) is 5.75 Å². The van der Waals surface area contributed by atoms with Gasteiger partial charge in [-0.05, 0) is 32.0 Å². The van der Waals surface area contributed by atoms with Crippen molar-refractivity contribution in [1.29, 1.82) is 0 Å². The lowest BCUT2D eigenvalue weighted by atomic mass is 9.99. The predicted molar refractivity (Wildman–Crippen MR) is 63.5 cm³/mol. The van der Waals surface area contributed by atoms with E-state index in [4.69, 9.17) is 5.73 Å². The topological polar surface area (TPSA) is 92.4 Å². The van der Waals surface area contributed by atoms with Crippen LogP contribution in [-0.4, -0.2) is 22.5 Å². The summed E-state index contributed by atoms with van der Waals surface area (Å²) in [6.45, 7) is 3.41. The van der Waals surface area contributed by atoms with E-state index in [0.717, 1.165) is 0 Å². The van der Waals surface area contributed by atoms with E-state index < -0.39 is 11.4 Å². The zero-order chi connectivity index (χ0) is 13.1. The molecule has 0 radical (unpaired) electrons. The monoisotopic (exact) mass is 236 g/mol. The van der Waals surface area contributed by atoms with E-state index in [1.54, 1.807) is 26.0 Å². The molecule has 0 bridgehead atoms. The lowest BCUT2D eigenvalue weighted by Gasteiger charge is -2.24. The minimum Gasteiger partial charge on any atom is -0.508 e. The number of phenolic OH excluding ortho intramolecular Hbond substituents is 1. The van der Waals surface area contributed by atoms with Gasteiger partial charge in [0, 0.05) is 17.5 Å². The maximum Gasteiger partial charge on any atom is 0.251 e. The third-order valence-corrected chi connectivity index (χ3v) is 2.18. The Kier molecular flexibility index (Phi) is 3.73. The number of nitrogens with two attached hydrogens (primary N) is 1. The fourth-order valence-corrected chi connectivity index (χ4v) is 1.51. The van der Waals surface area contributed by atoms with Crippen molar-refractivity contribution in [2.45, 2.75) is 25.8 Å². The van der Waals surface area contributed by atoms with Gasteiger partial charge in [0.2, 0.25) is 5.91 Å². The normalized spacial score (nSPS) is 10.9. The number of carbonyl (C=O) groups excluding carboxylic acids is 2. The minimum atomic E-state index is -0.714. The molecular weight excluding hydrogens is 220 g/mol. The molecule has 0 fully saturated rings. The number of hydrogen-bond donors (Lipinski definition) is 3. The van der Waals surface area contributed by atoms with Crippen molar-refractivity contribution in [3.63, 3.8) is 0 Å². The second-order valence-corrected chi connectivity index (χ2v) is 4.53. The lowest BCUT2D eigenvalue weighted by molar-refractivity contribution is -0.119. The number of primary amides is 1. The molecule has 0 aromatic heterocycles. The molecule has 5 heteroatoms. The van der Waals surface area contributed by atoms with Crippen molar-refractivity contribution >= 4 is 11.8 Å². The number of nitrogens with one attached hydrogen (secondary N) is 1. The Hall–Kier alpha value is -2.04. The quantitative estimate of drug-likeness (QED) is 0.721. The summed E-state index contributed by atoms with van der Waals surface area (Å²) in [7, 11) is 0. The SMILES string of the molecule is CC(C)(CC(N)=O)NC(=O)c1cccc(O)c1. The molecule has 0 unspecified atom stereocenters. The summed E-state index contributed by atoms with van der Waals surface area (Å²) in [6.07, 6.45) is 0.0531. The molecule has 4 N–H and O–H groups in total. The van der Waals surface area contributed by atoms with Crippen LogP contribution < -0.4 is 11.1 Å². The van der Waals surface area contributed by atoms with Crippen LogP contribution in [0.1, 0.15) is 30.6 Å². The molecule has 1 aromatic rings. The molecule has 1 rings (SSSR count). The van der Waals surface area contributed by atoms with Crippen LogP contribution in [0.15, 0.2) is 24.3 Å². The van der Waals surface area contributed by atoms with Crippen LogP contribution in [0.25, 0.3) is 0 Å². The number of amides is 2. The number of phenols is 1. The average molecular weight is 236 g/mol. The zero-order valence-electron chi connectivity index (χ0n) is 9.86. The summed E-state index contributed by atoms with van der Waals surface area (Å²) in [5.74, 6) is -0.816. The highest BCUT2D eigenvalue weighted by Crippen LogP contribution is 2.13. The third-order valence-electron chi connectivity index (χ3n) is 2.18. The Morgan fingerprint density at radius 3 is 2.59 bits per heavy atom. The first-order valence-electron chi connectivity index (χ1n) is 5.20. The summed E-state index contributed by atoms with van der Waals surface area (Å²) in [4.78, 5) is 22.6. The van der Waals surface area contributed by atoms with Crippen LogP contribution in [0.4, 0.5) is 0 Å². The summed E-state index contributed by atoms with van der Waals surface area (Å²) in [5, 5.41) is 11.9. The van der Waals surface area contributed by atoms with Crippen LogP contribution in [-0.2, 0) is 4.79 Å². The van der Waals surface area contributed by atoms with E-state index in [1.807, 2.05) is 0 Å². The van der Waals surface area contributed by atoms with Crippen LogP contribution in [0.2, 0.25) is 0 Å². The standard InChI is InChI=1S/C12H16N2O3/c1-12(2,7-10(13)16)14-11(17)8-4-3-5-9(15)6-8/h3-6,15H,7H2,1-2H3,(H2,13,16)(H,14,17). The van der Waals surface area contributed by atoms with Crippen molar-refractivity contribution in [3.8, 4) is 5.75 Å². The average Bonchev–Trinajstić information content (AvgIpc) is 2.14. The largest absolute Gasteiger partial charge is 0.508 e. The summed E-state index contributed by atoms with van der Waals surface area (Å²) in [6, 6.07) is 5.99. The van der Waals surface area contributed by atoms with Gasteiger partial charge in [-0.1, -0.05) is 6.07 Å². The first-order chi connectivity index (χ1) is 7.80. The number of benzene rings is 1. The Balaban J connectivity index is 2.75. The second kappa shape index (κ2) is 4.86. The lowest BCUT2D eigenvalue weighted by Crippen LogP contribution is -2.46. The highest BCUT2D eigenvalue weighted by Gasteiger charge is 2.23.